The molecule has 0 bridgehead atoms. The van der Waals surface area contributed by atoms with Crippen LogP contribution < -0.4 is 10.1 Å². The van der Waals surface area contributed by atoms with Gasteiger partial charge in [0.25, 0.3) is 0 Å². The van der Waals surface area contributed by atoms with E-state index in [1.807, 2.05) is 24.3 Å². The smallest absolute Gasteiger partial charge is 0.232 e. The van der Waals surface area contributed by atoms with Gasteiger partial charge in [0.05, 0.1) is 24.2 Å². The van der Waals surface area contributed by atoms with Crippen molar-refractivity contribution < 1.29 is 4.74 Å². The van der Waals surface area contributed by atoms with E-state index in [4.69, 9.17) is 4.74 Å². The lowest BCUT2D eigenvalue weighted by Crippen LogP contribution is -2.03. The van der Waals surface area contributed by atoms with Crippen molar-refractivity contribution in [3.8, 4) is 5.75 Å². The van der Waals surface area contributed by atoms with Crippen LogP contribution >= 0.6 is 23.5 Å². The van der Waals surface area contributed by atoms with E-state index < -0.39 is 0 Å². The third kappa shape index (κ3) is 6.29. The molecule has 0 aliphatic rings. The van der Waals surface area contributed by atoms with E-state index in [0.29, 0.717) is 27.7 Å². The number of azo groups is 1. The summed E-state index contributed by atoms with van der Waals surface area (Å²) in [7, 11) is 1.62. The van der Waals surface area contributed by atoms with Crippen molar-refractivity contribution >= 4 is 57.3 Å². The Kier molecular flexibility index (Phi) is 8.20. The van der Waals surface area contributed by atoms with Gasteiger partial charge in [-0.15, -0.1) is 0 Å². The monoisotopic (exact) mass is 504 g/mol. The van der Waals surface area contributed by atoms with Crippen LogP contribution in [0.5, 0.6) is 5.75 Å². The van der Waals surface area contributed by atoms with Gasteiger partial charge in [0.15, 0.2) is 10.3 Å². The van der Waals surface area contributed by atoms with E-state index >= 15 is 0 Å². The molecule has 0 amide bonds. The second kappa shape index (κ2) is 11.5. The summed E-state index contributed by atoms with van der Waals surface area (Å²) in [5, 5.41) is 15.9. The van der Waals surface area contributed by atoms with Gasteiger partial charge in [0, 0.05) is 6.07 Å². The number of hydrogen-bond acceptors (Lipinski definition) is 9. The highest BCUT2D eigenvalue weighted by Gasteiger charge is 2.11. The molecule has 0 unspecified atom stereocenters. The van der Waals surface area contributed by atoms with Gasteiger partial charge in [0.2, 0.25) is 5.95 Å². The fourth-order valence-electron chi connectivity index (χ4n) is 3.64. The highest BCUT2D eigenvalue weighted by Crippen LogP contribution is 2.33. The van der Waals surface area contributed by atoms with Crippen molar-refractivity contribution in [2.75, 3.05) is 23.9 Å². The van der Waals surface area contributed by atoms with Crippen molar-refractivity contribution in [1.82, 2.24) is 15.0 Å². The number of thioether (sulfide) groups is 2. The van der Waals surface area contributed by atoms with Gasteiger partial charge in [-0.3, -0.25) is 0 Å². The topological polar surface area (TPSA) is 84.7 Å². The van der Waals surface area contributed by atoms with Crippen molar-refractivity contribution in [2.24, 2.45) is 10.2 Å². The Morgan fingerprint density at radius 1 is 0.829 bits per heavy atom. The molecule has 4 aromatic rings. The minimum absolute atomic E-state index is 0.487. The highest BCUT2D eigenvalue weighted by molar-refractivity contribution is 7.99. The molecule has 180 valence electrons. The summed E-state index contributed by atoms with van der Waals surface area (Å²) < 4.78 is 5.60. The summed E-state index contributed by atoms with van der Waals surface area (Å²) in [4.78, 5) is 13.6. The van der Waals surface area contributed by atoms with Crippen molar-refractivity contribution in [3.63, 3.8) is 0 Å². The Morgan fingerprint density at radius 3 is 2.14 bits per heavy atom. The molecule has 0 aliphatic carbocycles. The molecule has 1 aromatic heterocycles. The van der Waals surface area contributed by atoms with Crippen molar-refractivity contribution in [1.29, 1.82) is 0 Å². The number of methoxy groups -OCH3 is 1. The van der Waals surface area contributed by atoms with Gasteiger partial charge >= 0.3 is 0 Å². The zero-order valence-corrected chi connectivity index (χ0v) is 22.1. The summed E-state index contributed by atoms with van der Waals surface area (Å²) >= 11 is 3.17. The van der Waals surface area contributed by atoms with Crippen LogP contribution in [0, 0.1) is 13.8 Å². The molecular formula is C26H28N6OS2. The van der Waals surface area contributed by atoms with Crippen LogP contribution in [0.4, 0.5) is 23.0 Å². The van der Waals surface area contributed by atoms with Crippen LogP contribution in [0.1, 0.15) is 25.0 Å². The molecule has 1 N–H and O–H groups in total. The molecular weight excluding hydrogens is 476 g/mol. The van der Waals surface area contributed by atoms with Gasteiger partial charge in [-0.05, 0) is 66.0 Å². The second-order valence-electron chi connectivity index (χ2n) is 7.79. The standard InChI is InChI=1S/C26H28N6OS2/c1-6-34-25-28-24(29-26(30-25)35-7-2)27-22-11-10-20(15-23(22)33-5)32-31-19-9-8-18-13-16(3)12-17(4)21(18)14-19/h8-15H,6-7H2,1-5H3,(H,27,28,29,30). The molecule has 0 saturated heterocycles. The molecule has 3 aromatic carbocycles. The van der Waals surface area contributed by atoms with Gasteiger partial charge in [0.1, 0.15) is 5.75 Å². The zero-order valence-electron chi connectivity index (χ0n) is 20.5. The van der Waals surface area contributed by atoms with Gasteiger partial charge < -0.3 is 10.1 Å². The second-order valence-corrected chi connectivity index (χ2v) is 10.2. The molecule has 0 aliphatic heterocycles. The maximum atomic E-state index is 5.60. The number of benzene rings is 3. The average molecular weight is 505 g/mol. The normalized spacial score (nSPS) is 11.3. The molecule has 0 atom stereocenters. The number of nitrogens with one attached hydrogen (secondary N) is 1. The Hall–Kier alpha value is -3.17. The lowest BCUT2D eigenvalue weighted by Gasteiger charge is -2.11. The van der Waals surface area contributed by atoms with Gasteiger partial charge in [-0.2, -0.15) is 25.2 Å². The minimum atomic E-state index is 0.487. The lowest BCUT2D eigenvalue weighted by molar-refractivity contribution is 0.417. The number of ether oxygens (including phenoxy) is 1. The van der Waals surface area contributed by atoms with Crippen LogP contribution in [-0.4, -0.2) is 33.6 Å². The number of anilines is 2. The van der Waals surface area contributed by atoms with E-state index in [2.05, 4.69) is 82.5 Å². The Bertz CT molecular complexity index is 1350. The molecule has 1 heterocycles. The number of rotatable bonds is 9. The molecule has 35 heavy (non-hydrogen) atoms. The minimum Gasteiger partial charge on any atom is -0.494 e. The maximum Gasteiger partial charge on any atom is 0.232 e. The predicted octanol–water partition coefficient (Wildman–Crippen LogP) is 8.03. The number of aromatic nitrogens is 3. The Labute approximate surface area is 214 Å². The fourth-order valence-corrected chi connectivity index (χ4v) is 4.82. The number of aryl methyl sites for hydroxylation is 2. The molecule has 0 radical (unpaired) electrons. The van der Waals surface area contributed by atoms with Gasteiger partial charge in [-0.25, -0.2) is 0 Å². The van der Waals surface area contributed by atoms with E-state index in [9.17, 15) is 0 Å². The first-order valence-electron chi connectivity index (χ1n) is 11.4. The number of nitrogens with zero attached hydrogens (tertiary/aromatic N) is 5. The molecule has 9 heteroatoms. The summed E-state index contributed by atoms with van der Waals surface area (Å²) in [6.07, 6.45) is 0. The first-order chi connectivity index (χ1) is 17.0. The van der Waals surface area contributed by atoms with Crippen molar-refractivity contribution in [2.45, 2.75) is 38.0 Å². The third-order valence-electron chi connectivity index (χ3n) is 5.14. The molecule has 0 spiro atoms. The fraction of sp³-hybridized carbons (Fsp3) is 0.269. The van der Waals surface area contributed by atoms with Crippen LogP contribution in [-0.2, 0) is 0 Å². The number of fused-ring (bicyclic) bond motifs is 1. The number of hydrogen-bond donors (Lipinski definition) is 1. The molecule has 4 rings (SSSR count). The van der Waals surface area contributed by atoms with Crippen LogP contribution in [0.25, 0.3) is 10.8 Å². The van der Waals surface area contributed by atoms with Gasteiger partial charge in [-0.1, -0.05) is 61.1 Å². The Morgan fingerprint density at radius 2 is 1.49 bits per heavy atom. The zero-order chi connectivity index (χ0) is 24.8. The van der Waals surface area contributed by atoms with E-state index in [-0.39, 0.29) is 0 Å². The summed E-state index contributed by atoms with van der Waals surface area (Å²) in [5.74, 6) is 2.89. The van der Waals surface area contributed by atoms with Crippen LogP contribution in [0.2, 0.25) is 0 Å². The summed E-state index contributed by atoms with van der Waals surface area (Å²) in [5.41, 5.74) is 4.72. The van der Waals surface area contributed by atoms with Crippen LogP contribution in [0.15, 0.2) is 69.1 Å². The molecule has 7 nitrogen and oxygen atoms in total. The third-order valence-corrected chi connectivity index (χ3v) is 6.60. The van der Waals surface area contributed by atoms with Crippen LogP contribution in [0.3, 0.4) is 0 Å². The van der Waals surface area contributed by atoms with E-state index in [1.54, 1.807) is 30.6 Å². The van der Waals surface area contributed by atoms with E-state index in [0.717, 1.165) is 22.9 Å². The van der Waals surface area contributed by atoms with Crippen molar-refractivity contribution in [3.05, 3.63) is 59.7 Å². The van der Waals surface area contributed by atoms with E-state index in [1.165, 1.54) is 21.9 Å². The quantitative estimate of drug-likeness (QED) is 0.182. The SMILES string of the molecule is CCSc1nc(Nc2ccc(N=Nc3ccc4cc(C)cc(C)c4c3)cc2OC)nc(SCC)n1. The first kappa shape index (κ1) is 24.9. The highest BCUT2D eigenvalue weighted by atomic mass is 32.2. The summed E-state index contributed by atoms with van der Waals surface area (Å²) in [6.45, 7) is 8.38. The predicted molar refractivity (Wildman–Crippen MR) is 146 cm³/mol. The molecule has 0 fully saturated rings. The average Bonchev–Trinajstić information content (AvgIpc) is 2.84. The molecule has 0 saturated carbocycles. The largest absolute Gasteiger partial charge is 0.494 e. The maximum absolute atomic E-state index is 5.60. The Balaban J connectivity index is 1.57. The lowest BCUT2D eigenvalue weighted by atomic mass is 10.0. The summed E-state index contributed by atoms with van der Waals surface area (Å²) in [6, 6.07) is 16.1. The first-order valence-corrected chi connectivity index (χ1v) is 13.4.